The number of nitrogens with zero attached hydrogens (tertiary/aromatic N) is 2. The van der Waals surface area contributed by atoms with Crippen molar-refractivity contribution in [3.63, 3.8) is 0 Å². The van der Waals surface area contributed by atoms with Crippen LogP contribution in [0.5, 0.6) is 5.75 Å². The number of aromatic hydroxyl groups is 1. The van der Waals surface area contributed by atoms with Gasteiger partial charge in [0.15, 0.2) is 4.80 Å². The number of phenolic OH excluding ortho intramolecular Hbond substituents is 1. The van der Waals surface area contributed by atoms with Crippen molar-refractivity contribution in [2.24, 2.45) is 4.99 Å². The Balaban J connectivity index is 1.97. The summed E-state index contributed by atoms with van der Waals surface area (Å²) in [6.45, 7) is 3.73. The van der Waals surface area contributed by atoms with Crippen molar-refractivity contribution in [3.8, 4) is 5.75 Å². The predicted molar refractivity (Wildman–Crippen MR) is 115 cm³/mol. The van der Waals surface area contributed by atoms with Crippen LogP contribution < -0.4 is 14.9 Å². The summed E-state index contributed by atoms with van der Waals surface area (Å²) in [6.07, 6.45) is 1.64. The fourth-order valence-electron chi connectivity index (χ4n) is 3.49. The Bertz CT molecular complexity index is 1320. The molecule has 7 heteroatoms. The molecule has 152 valence electrons. The van der Waals surface area contributed by atoms with Crippen LogP contribution in [0.2, 0.25) is 0 Å². The third-order valence-corrected chi connectivity index (χ3v) is 5.84. The minimum atomic E-state index is -0.631. The van der Waals surface area contributed by atoms with Crippen molar-refractivity contribution in [1.82, 2.24) is 4.57 Å². The maximum atomic E-state index is 13.4. The number of phenols is 1. The van der Waals surface area contributed by atoms with Gasteiger partial charge in [-0.05, 0) is 31.6 Å². The van der Waals surface area contributed by atoms with Gasteiger partial charge in [-0.3, -0.25) is 9.36 Å². The molecular weight excluding hydrogens is 400 g/mol. The van der Waals surface area contributed by atoms with Crippen LogP contribution in [-0.4, -0.2) is 22.2 Å². The van der Waals surface area contributed by atoms with E-state index in [9.17, 15) is 14.7 Å². The van der Waals surface area contributed by atoms with Gasteiger partial charge in [-0.2, -0.15) is 0 Å². The first-order valence-electron chi connectivity index (χ1n) is 9.54. The Morgan fingerprint density at radius 3 is 2.60 bits per heavy atom. The third kappa shape index (κ3) is 3.48. The first-order chi connectivity index (χ1) is 14.5. The summed E-state index contributed by atoms with van der Waals surface area (Å²) in [4.78, 5) is 31.2. The lowest BCUT2D eigenvalue weighted by molar-refractivity contribution is -0.139. The van der Waals surface area contributed by atoms with Crippen molar-refractivity contribution in [3.05, 3.63) is 96.7 Å². The van der Waals surface area contributed by atoms with Gasteiger partial charge in [-0.1, -0.05) is 59.9 Å². The lowest BCUT2D eigenvalue weighted by Gasteiger charge is -2.24. The molecule has 0 amide bonds. The number of carbonyl (C=O) groups excluding carboxylic acids is 1. The SMILES string of the molecule is CCOC(=O)C1=C(C)N=c2s/c(=C\c3ccccc3O)c(=O)n2[C@H]1c1ccccc1. The zero-order valence-electron chi connectivity index (χ0n) is 16.5. The number of hydrogen-bond acceptors (Lipinski definition) is 6. The maximum Gasteiger partial charge on any atom is 0.338 e. The number of fused-ring (bicyclic) bond motifs is 1. The van der Waals surface area contributed by atoms with E-state index in [1.54, 1.807) is 44.2 Å². The largest absolute Gasteiger partial charge is 0.507 e. The average Bonchev–Trinajstić information content (AvgIpc) is 3.04. The lowest BCUT2D eigenvalue weighted by Crippen LogP contribution is -2.39. The minimum absolute atomic E-state index is 0.0892. The molecule has 4 rings (SSSR count). The maximum absolute atomic E-state index is 13.4. The summed E-state index contributed by atoms with van der Waals surface area (Å²) in [5.74, 6) is -0.395. The Hall–Kier alpha value is -3.45. The topological polar surface area (TPSA) is 80.9 Å². The quantitative estimate of drug-likeness (QED) is 0.658. The number of hydrogen-bond donors (Lipinski definition) is 1. The zero-order valence-corrected chi connectivity index (χ0v) is 17.3. The van der Waals surface area contributed by atoms with E-state index in [1.165, 1.54) is 15.9 Å². The monoisotopic (exact) mass is 420 g/mol. The first-order valence-corrected chi connectivity index (χ1v) is 10.4. The van der Waals surface area contributed by atoms with Gasteiger partial charge in [0.05, 0.1) is 28.5 Å². The van der Waals surface area contributed by atoms with Crippen LogP contribution in [0.3, 0.4) is 0 Å². The second-order valence-corrected chi connectivity index (χ2v) is 7.78. The Morgan fingerprint density at radius 1 is 1.20 bits per heavy atom. The number of esters is 1. The molecule has 0 aliphatic carbocycles. The van der Waals surface area contributed by atoms with Crippen molar-refractivity contribution in [1.29, 1.82) is 0 Å². The first kappa shape index (κ1) is 19.8. The fraction of sp³-hybridized carbons (Fsp3) is 0.174. The molecule has 2 aromatic carbocycles. The Kier molecular flexibility index (Phi) is 5.37. The Labute approximate surface area is 176 Å². The van der Waals surface area contributed by atoms with E-state index in [2.05, 4.69) is 4.99 Å². The smallest absolute Gasteiger partial charge is 0.338 e. The summed E-state index contributed by atoms with van der Waals surface area (Å²) in [6, 6.07) is 15.6. The van der Waals surface area contributed by atoms with Crippen LogP contribution in [-0.2, 0) is 9.53 Å². The normalized spacial score (nSPS) is 16.2. The minimum Gasteiger partial charge on any atom is -0.507 e. The number of aromatic nitrogens is 1. The highest BCUT2D eigenvalue weighted by atomic mass is 32.1. The van der Waals surface area contributed by atoms with Gasteiger partial charge in [0, 0.05) is 5.56 Å². The number of benzene rings is 2. The van der Waals surface area contributed by atoms with E-state index in [1.807, 2.05) is 30.3 Å². The highest BCUT2D eigenvalue weighted by Crippen LogP contribution is 2.30. The second-order valence-electron chi connectivity index (χ2n) is 6.77. The molecule has 0 bridgehead atoms. The number of rotatable bonds is 4. The van der Waals surface area contributed by atoms with Gasteiger partial charge in [0.1, 0.15) is 5.75 Å². The standard InChI is InChI=1S/C23H20N2O4S/c1-3-29-22(28)19-14(2)24-23-25(20(19)15-9-5-4-6-10-15)21(27)18(30-23)13-16-11-7-8-12-17(16)26/h4-13,20,26H,3H2,1-2H3/b18-13-/t20-/m0/s1. The van der Waals surface area contributed by atoms with E-state index >= 15 is 0 Å². The molecule has 0 unspecified atom stereocenters. The molecule has 0 spiro atoms. The molecule has 30 heavy (non-hydrogen) atoms. The van der Waals surface area contributed by atoms with Crippen molar-refractivity contribution in [2.75, 3.05) is 6.61 Å². The van der Waals surface area contributed by atoms with Gasteiger partial charge < -0.3 is 9.84 Å². The van der Waals surface area contributed by atoms with Crippen LogP contribution in [0.1, 0.15) is 31.0 Å². The van der Waals surface area contributed by atoms with E-state index in [0.29, 0.717) is 26.2 Å². The predicted octanol–water partition coefficient (Wildman–Crippen LogP) is 2.50. The highest BCUT2D eigenvalue weighted by Gasteiger charge is 2.33. The summed E-state index contributed by atoms with van der Waals surface area (Å²) >= 11 is 1.23. The molecule has 0 radical (unpaired) electrons. The van der Waals surface area contributed by atoms with E-state index in [-0.39, 0.29) is 17.9 Å². The number of allylic oxidation sites excluding steroid dienone is 1. The molecule has 0 fully saturated rings. The Morgan fingerprint density at radius 2 is 1.90 bits per heavy atom. The summed E-state index contributed by atoms with van der Waals surface area (Å²) in [5, 5.41) is 10.1. The van der Waals surface area contributed by atoms with Crippen LogP contribution in [0.4, 0.5) is 0 Å². The fourth-order valence-corrected chi connectivity index (χ4v) is 4.53. The van der Waals surface area contributed by atoms with Gasteiger partial charge in [0.2, 0.25) is 0 Å². The highest BCUT2D eigenvalue weighted by molar-refractivity contribution is 7.07. The van der Waals surface area contributed by atoms with Crippen molar-refractivity contribution >= 4 is 23.4 Å². The number of carbonyl (C=O) groups is 1. The van der Waals surface area contributed by atoms with Crippen LogP contribution in [0, 0.1) is 0 Å². The summed E-state index contributed by atoms with van der Waals surface area (Å²) in [7, 11) is 0. The number of para-hydroxylation sites is 1. The van der Waals surface area contributed by atoms with Crippen LogP contribution in [0.25, 0.3) is 6.08 Å². The van der Waals surface area contributed by atoms with Crippen molar-refractivity contribution in [2.45, 2.75) is 19.9 Å². The summed E-state index contributed by atoms with van der Waals surface area (Å²) in [5.41, 5.74) is 1.94. The van der Waals surface area contributed by atoms with Gasteiger partial charge in [-0.25, -0.2) is 9.79 Å². The van der Waals surface area contributed by atoms with Crippen LogP contribution in [0.15, 0.2) is 75.7 Å². The van der Waals surface area contributed by atoms with E-state index < -0.39 is 12.0 Å². The molecule has 1 atom stereocenters. The van der Waals surface area contributed by atoms with Crippen LogP contribution >= 0.6 is 11.3 Å². The van der Waals surface area contributed by atoms with E-state index in [4.69, 9.17) is 4.74 Å². The molecule has 1 aliphatic rings. The molecule has 0 saturated heterocycles. The number of thiazole rings is 1. The van der Waals surface area contributed by atoms with Crippen molar-refractivity contribution < 1.29 is 14.6 Å². The van der Waals surface area contributed by atoms with Gasteiger partial charge >= 0.3 is 5.97 Å². The second kappa shape index (κ2) is 8.12. The lowest BCUT2D eigenvalue weighted by atomic mass is 9.96. The molecule has 1 aromatic heterocycles. The molecule has 1 N–H and O–H groups in total. The number of ether oxygens (including phenoxy) is 1. The molecule has 1 aliphatic heterocycles. The third-order valence-electron chi connectivity index (χ3n) is 4.86. The molecule has 0 saturated carbocycles. The molecule has 2 heterocycles. The molecular formula is C23H20N2O4S. The summed E-state index contributed by atoms with van der Waals surface area (Å²) < 4.78 is 7.22. The zero-order chi connectivity index (χ0) is 21.3. The van der Waals surface area contributed by atoms with E-state index in [0.717, 1.165) is 5.56 Å². The van der Waals surface area contributed by atoms with Gasteiger partial charge in [0.25, 0.3) is 5.56 Å². The molecule has 6 nitrogen and oxygen atoms in total. The molecule has 3 aromatic rings. The average molecular weight is 420 g/mol. The van der Waals surface area contributed by atoms with Gasteiger partial charge in [-0.15, -0.1) is 0 Å².